The van der Waals surface area contributed by atoms with E-state index in [4.69, 9.17) is 20.3 Å². The second kappa shape index (κ2) is 5.91. The Morgan fingerprint density at radius 2 is 2.17 bits per heavy atom. The third-order valence-corrected chi connectivity index (χ3v) is 3.91. The molecule has 0 amide bonds. The first-order valence-electron chi connectivity index (χ1n) is 6.06. The topological polar surface area (TPSA) is 64.7 Å². The number of methoxy groups -OCH3 is 1. The van der Waals surface area contributed by atoms with E-state index in [1.807, 2.05) is 12.1 Å². The fourth-order valence-electron chi connectivity index (χ4n) is 1.85. The van der Waals surface area contributed by atoms with Crippen LogP contribution in [0.2, 0.25) is 0 Å². The van der Waals surface area contributed by atoms with Gasteiger partial charge in [0.15, 0.2) is 11.5 Å². The molecule has 0 bridgehead atoms. The predicted octanol–water partition coefficient (Wildman–Crippen LogP) is 2.38. The second-order valence-electron chi connectivity index (χ2n) is 4.48. The molecule has 4 nitrogen and oxygen atoms in total. The Morgan fingerprint density at radius 1 is 1.44 bits per heavy atom. The van der Waals surface area contributed by atoms with E-state index in [-0.39, 0.29) is 12.7 Å². The number of aliphatic hydroxyl groups is 1. The van der Waals surface area contributed by atoms with Gasteiger partial charge in [-0.2, -0.15) is 0 Å². The second-order valence-corrected chi connectivity index (χ2v) is 5.34. The van der Waals surface area contributed by atoms with Gasteiger partial charge in [0.1, 0.15) is 0 Å². The number of aliphatic hydroxyl groups excluding tert-OH is 1. The van der Waals surface area contributed by atoms with E-state index < -0.39 is 6.04 Å². The van der Waals surface area contributed by atoms with Crippen molar-refractivity contribution in [3.8, 4) is 11.5 Å². The molecule has 3 N–H and O–H groups in total. The first-order valence-corrected chi connectivity index (χ1v) is 6.85. The minimum Gasteiger partial charge on any atom is -0.493 e. The Hall–Kier alpha value is -0.780. The molecule has 1 aliphatic rings. The zero-order valence-corrected chi connectivity index (χ0v) is 11.9. The highest BCUT2D eigenvalue weighted by molar-refractivity contribution is 9.10. The molecule has 1 aromatic carbocycles. The molecule has 5 heteroatoms. The molecule has 0 spiro atoms. The van der Waals surface area contributed by atoms with Crippen LogP contribution >= 0.6 is 15.9 Å². The number of rotatable bonds is 5. The molecule has 0 saturated heterocycles. The standard InChI is InChI=1S/C13H18BrNO3/c1-17-12-6-10(14)9(11(15)7-16)5-13(12)18-8-3-2-4-8/h5-6,8,11,16H,2-4,7,15H2,1H3. The van der Waals surface area contributed by atoms with Crippen LogP contribution in [0.3, 0.4) is 0 Å². The van der Waals surface area contributed by atoms with E-state index >= 15 is 0 Å². The summed E-state index contributed by atoms with van der Waals surface area (Å²) >= 11 is 3.43. The maximum absolute atomic E-state index is 9.15. The van der Waals surface area contributed by atoms with Crippen molar-refractivity contribution >= 4 is 15.9 Å². The summed E-state index contributed by atoms with van der Waals surface area (Å²) in [7, 11) is 1.61. The van der Waals surface area contributed by atoms with Gasteiger partial charge in [-0.25, -0.2) is 0 Å². The molecule has 2 rings (SSSR count). The van der Waals surface area contributed by atoms with Crippen molar-refractivity contribution < 1.29 is 14.6 Å². The Bertz CT molecular complexity index is 421. The largest absolute Gasteiger partial charge is 0.493 e. The van der Waals surface area contributed by atoms with Gasteiger partial charge in [-0.1, -0.05) is 15.9 Å². The number of benzene rings is 1. The molecule has 1 atom stereocenters. The minimum atomic E-state index is -0.422. The summed E-state index contributed by atoms with van der Waals surface area (Å²) in [5, 5.41) is 9.15. The lowest BCUT2D eigenvalue weighted by molar-refractivity contribution is 0.116. The Labute approximate surface area is 115 Å². The van der Waals surface area contributed by atoms with Crippen LogP contribution in [0, 0.1) is 0 Å². The molecule has 1 fully saturated rings. The SMILES string of the molecule is COc1cc(Br)c(C(N)CO)cc1OC1CCC1. The lowest BCUT2D eigenvalue weighted by atomic mass is 9.96. The van der Waals surface area contributed by atoms with Crippen molar-refractivity contribution in [3.63, 3.8) is 0 Å². The minimum absolute atomic E-state index is 0.103. The van der Waals surface area contributed by atoms with Gasteiger partial charge >= 0.3 is 0 Å². The molecule has 0 aromatic heterocycles. The molecule has 18 heavy (non-hydrogen) atoms. The number of nitrogens with two attached hydrogens (primary N) is 1. The van der Waals surface area contributed by atoms with Crippen LogP contribution in [0.25, 0.3) is 0 Å². The molecular weight excluding hydrogens is 298 g/mol. The van der Waals surface area contributed by atoms with E-state index in [0.29, 0.717) is 11.5 Å². The highest BCUT2D eigenvalue weighted by atomic mass is 79.9. The Balaban J connectivity index is 2.29. The highest BCUT2D eigenvalue weighted by Gasteiger charge is 2.22. The van der Waals surface area contributed by atoms with Crippen molar-refractivity contribution in [3.05, 3.63) is 22.2 Å². The van der Waals surface area contributed by atoms with Crippen molar-refractivity contribution in [2.75, 3.05) is 13.7 Å². The molecule has 1 aliphatic carbocycles. The predicted molar refractivity (Wildman–Crippen MR) is 73.0 cm³/mol. The van der Waals surface area contributed by atoms with Crippen LogP contribution in [0.1, 0.15) is 30.9 Å². The van der Waals surface area contributed by atoms with Crippen molar-refractivity contribution in [2.45, 2.75) is 31.4 Å². The summed E-state index contributed by atoms with van der Waals surface area (Å²) in [5.74, 6) is 1.38. The summed E-state index contributed by atoms with van der Waals surface area (Å²) in [5.41, 5.74) is 6.68. The van der Waals surface area contributed by atoms with Crippen LogP contribution in [-0.2, 0) is 0 Å². The number of hydrogen-bond acceptors (Lipinski definition) is 4. The number of ether oxygens (including phenoxy) is 2. The first-order chi connectivity index (χ1) is 8.65. The fraction of sp³-hybridized carbons (Fsp3) is 0.538. The van der Waals surface area contributed by atoms with E-state index in [1.54, 1.807) is 7.11 Å². The van der Waals surface area contributed by atoms with Crippen LogP contribution in [-0.4, -0.2) is 24.9 Å². The lowest BCUT2D eigenvalue weighted by Gasteiger charge is -2.28. The van der Waals surface area contributed by atoms with Crippen LogP contribution < -0.4 is 15.2 Å². The third kappa shape index (κ3) is 2.79. The van der Waals surface area contributed by atoms with Crippen molar-refractivity contribution in [1.29, 1.82) is 0 Å². The van der Waals surface area contributed by atoms with Crippen LogP contribution in [0.5, 0.6) is 11.5 Å². The maximum atomic E-state index is 9.15. The summed E-state index contributed by atoms with van der Waals surface area (Å²) in [6, 6.07) is 3.26. The summed E-state index contributed by atoms with van der Waals surface area (Å²) in [4.78, 5) is 0. The summed E-state index contributed by atoms with van der Waals surface area (Å²) < 4.78 is 12.0. The van der Waals surface area contributed by atoms with E-state index in [2.05, 4.69) is 15.9 Å². The molecule has 1 unspecified atom stereocenters. The van der Waals surface area contributed by atoms with Gasteiger partial charge in [-0.3, -0.25) is 0 Å². The monoisotopic (exact) mass is 315 g/mol. The lowest BCUT2D eigenvalue weighted by Crippen LogP contribution is -2.25. The third-order valence-electron chi connectivity index (χ3n) is 3.22. The number of halogens is 1. The van der Waals surface area contributed by atoms with Crippen LogP contribution in [0.15, 0.2) is 16.6 Å². The van der Waals surface area contributed by atoms with Gasteiger partial charge in [0.25, 0.3) is 0 Å². The average molecular weight is 316 g/mol. The van der Waals surface area contributed by atoms with E-state index in [0.717, 1.165) is 22.9 Å². The van der Waals surface area contributed by atoms with Crippen molar-refractivity contribution in [1.82, 2.24) is 0 Å². The zero-order chi connectivity index (χ0) is 13.1. The highest BCUT2D eigenvalue weighted by Crippen LogP contribution is 2.38. The van der Waals surface area contributed by atoms with E-state index in [1.165, 1.54) is 6.42 Å². The van der Waals surface area contributed by atoms with Gasteiger partial charge in [-0.05, 0) is 37.0 Å². The summed E-state index contributed by atoms with van der Waals surface area (Å²) in [6.45, 7) is -0.103. The van der Waals surface area contributed by atoms with Gasteiger partial charge in [0, 0.05) is 4.47 Å². The average Bonchev–Trinajstić information content (AvgIpc) is 2.33. The molecule has 100 valence electrons. The Morgan fingerprint density at radius 3 is 2.67 bits per heavy atom. The number of hydrogen-bond donors (Lipinski definition) is 2. The quantitative estimate of drug-likeness (QED) is 0.875. The molecule has 0 heterocycles. The van der Waals surface area contributed by atoms with Gasteiger partial charge in [0.2, 0.25) is 0 Å². The molecule has 1 saturated carbocycles. The Kier molecular flexibility index (Phi) is 4.48. The molecule has 0 radical (unpaired) electrons. The smallest absolute Gasteiger partial charge is 0.161 e. The maximum Gasteiger partial charge on any atom is 0.161 e. The van der Waals surface area contributed by atoms with Gasteiger partial charge in [-0.15, -0.1) is 0 Å². The summed E-state index contributed by atoms with van der Waals surface area (Å²) in [6.07, 6.45) is 3.66. The molecular formula is C13H18BrNO3. The van der Waals surface area contributed by atoms with E-state index in [9.17, 15) is 0 Å². The molecule has 1 aromatic rings. The van der Waals surface area contributed by atoms with Crippen LogP contribution in [0.4, 0.5) is 0 Å². The fourth-order valence-corrected chi connectivity index (χ4v) is 2.47. The normalized spacial score (nSPS) is 17.1. The van der Waals surface area contributed by atoms with Gasteiger partial charge in [0.05, 0.1) is 25.9 Å². The van der Waals surface area contributed by atoms with Gasteiger partial charge < -0.3 is 20.3 Å². The molecule has 0 aliphatic heterocycles. The first kappa shape index (κ1) is 13.6. The van der Waals surface area contributed by atoms with Crippen molar-refractivity contribution in [2.24, 2.45) is 5.73 Å². The zero-order valence-electron chi connectivity index (χ0n) is 10.4.